The van der Waals surface area contributed by atoms with Gasteiger partial charge in [0.1, 0.15) is 12.4 Å². The number of aromatic nitrogens is 1. The summed E-state index contributed by atoms with van der Waals surface area (Å²) < 4.78 is 5.86. The van der Waals surface area contributed by atoms with E-state index in [1.165, 1.54) is 11.3 Å². The van der Waals surface area contributed by atoms with E-state index in [9.17, 15) is 9.59 Å². The van der Waals surface area contributed by atoms with Crippen LogP contribution in [0.1, 0.15) is 21.8 Å². The predicted octanol–water partition coefficient (Wildman–Crippen LogP) is 3.29. The third-order valence-corrected chi connectivity index (χ3v) is 7.00. The fourth-order valence-corrected chi connectivity index (χ4v) is 5.00. The first-order valence-corrected chi connectivity index (χ1v) is 12.1. The van der Waals surface area contributed by atoms with E-state index in [1.807, 2.05) is 69.8 Å². The van der Waals surface area contributed by atoms with Gasteiger partial charge in [-0.15, -0.1) is 11.3 Å². The quantitative estimate of drug-likeness (QED) is 0.563. The predicted molar refractivity (Wildman–Crippen MR) is 128 cm³/mol. The Morgan fingerprint density at radius 3 is 2.48 bits per heavy atom. The molecule has 0 radical (unpaired) electrons. The molecule has 0 spiro atoms. The number of carbonyl (C=O) groups excluding carboxylic acids is 2. The molecular weight excluding hydrogens is 436 g/mol. The zero-order valence-corrected chi connectivity index (χ0v) is 19.1. The van der Waals surface area contributed by atoms with Crippen LogP contribution in [0.2, 0.25) is 0 Å². The van der Waals surface area contributed by atoms with Crippen LogP contribution in [0.5, 0.6) is 5.75 Å². The summed E-state index contributed by atoms with van der Waals surface area (Å²) in [6.07, 6.45) is 2.17. The highest BCUT2D eigenvalue weighted by Gasteiger charge is 2.36. The van der Waals surface area contributed by atoms with Gasteiger partial charge in [-0.05, 0) is 29.8 Å². The zero-order chi connectivity index (χ0) is 22.6. The average molecular weight is 463 g/mol. The first kappa shape index (κ1) is 21.6. The standard InChI is InChI=1S/C25H26N4O3S/c30-23-16-21(27-11-13-28(14-12-27)25(31)24-26-10-15-33-24)17-29(23)20-6-8-22(9-7-20)32-18-19-4-2-1-3-5-19/h1-10,15,21H,11-14,16-18H2. The van der Waals surface area contributed by atoms with Crippen molar-refractivity contribution in [1.29, 1.82) is 0 Å². The molecule has 170 valence electrons. The van der Waals surface area contributed by atoms with Gasteiger partial charge in [0.2, 0.25) is 5.91 Å². The molecule has 2 aliphatic heterocycles. The minimum Gasteiger partial charge on any atom is -0.489 e. The average Bonchev–Trinajstić information content (AvgIpc) is 3.54. The van der Waals surface area contributed by atoms with Crippen molar-refractivity contribution in [2.75, 3.05) is 37.6 Å². The van der Waals surface area contributed by atoms with Crippen LogP contribution in [0.15, 0.2) is 66.2 Å². The van der Waals surface area contributed by atoms with E-state index in [0.717, 1.165) is 30.1 Å². The summed E-state index contributed by atoms with van der Waals surface area (Å²) >= 11 is 1.38. The number of anilines is 1. The van der Waals surface area contributed by atoms with Crippen molar-refractivity contribution in [3.8, 4) is 5.75 Å². The lowest BCUT2D eigenvalue weighted by Gasteiger charge is -2.37. The lowest BCUT2D eigenvalue weighted by Crippen LogP contribution is -2.52. The highest BCUT2D eigenvalue weighted by Crippen LogP contribution is 2.27. The molecule has 7 nitrogen and oxygen atoms in total. The number of ether oxygens (including phenoxy) is 1. The fraction of sp³-hybridized carbons (Fsp3) is 0.320. The molecule has 0 aliphatic carbocycles. The fourth-order valence-electron chi connectivity index (χ4n) is 4.40. The maximum atomic E-state index is 12.7. The van der Waals surface area contributed by atoms with E-state index in [4.69, 9.17) is 4.74 Å². The second-order valence-electron chi connectivity index (χ2n) is 8.30. The molecule has 0 saturated carbocycles. The number of rotatable bonds is 6. The molecule has 1 aromatic heterocycles. The van der Waals surface area contributed by atoms with Gasteiger partial charge in [0.15, 0.2) is 5.01 Å². The summed E-state index contributed by atoms with van der Waals surface area (Å²) in [4.78, 5) is 35.4. The Bertz CT molecular complexity index is 1080. The number of thiazole rings is 1. The van der Waals surface area contributed by atoms with E-state index in [-0.39, 0.29) is 17.9 Å². The largest absolute Gasteiger partial charge is 0.489 e. The molecular formula is C25H26N4O3S. The molecule has 8 heteroatoms. The Morgan fingerprint density at radius 1 is 1.03 bits per heavy atom. The van der Waals surface area contributed by atoms with Crippen LogP contribution in [0, 0.1) is 0 Å². The van der Waals surface area contributed by atoms with Crippen molar-refractivity contribution in [2.45, 2.75) is 19.1 Å². The van der Waals surface area contributed by atoms with Crippen LogP contribution in [-0.2, 0) is 11.4 Å². The lowest BCUT2D eigenvalue weighted by atomic mass is 10.2. The summed E-state index contributed by atoms with van der Waals surface area (Å²) in [6.45, 7) is 4.06. The molecule has 2 aromatic carbocycles. The highest BCUT2D eigenvalue weighted by atomic mass is 32.1. The summed E-state index contributed by atoms with van der Waals surface area (Å²) in [7, 11) is 0. The van der Waals surface area contributed by atoms with Crippen LogP contribution in [0.4, 0.5) is 5.69 Å². The molecule has 0 N–H and O–H groups in total. The van der Waals surface area contributed by atoms with Crippen molar-refractivity contribution in [2.24, 2.45) is 0 Å². The molecule has 2 amide bonds. The number of carbonyl (C=O) groups is 2. The minimum absolute atomic E-state index is 0.00310. The van der Waals surface area contributed by atoms with Gasteiger partial charge in [0.05, 0.1) is 0 Å². The van der Waals surface area contributed by atoms with E-state index in [1.54, 1.807) is 6.20 Å². The van der Waals surface area contributed by atoms with E-state index in [2.05, 4.69) is 9.88 Å². The van der Waals surface area contributed by atoms with Crippen LogP contribution in [0.3, 0.4) is 0 Å². The van der Waals surface area contributed by atoms with Crippen molar-refractivity contribution in [3.05, 3.63) is 76.7 Å². The Hall–Kier alpha value is -3.23. The highest BCUT2D eigenvalue weighted by molar-refractivity contribution is 7.11. The number of amides is 2. The van der Waals surface area contributed by atoms with Gasteiger partial charge in [0, 0.05) is 62.5 Å². The summed E-state index contributed by atoms with van der Waals surface area (Å²) in [5.74, 6) is 0.925. The van der Waals surface area contributed by atoms with Crippen LogP contribution in [-0.4, -0.2) is 65.4 Å². The van der Waals surface area contributed by atoms with E-state index >= 15 is 0 Å². The van der Waals surface area contributed by atoms with Gasteiger partial charge in [0.25, 0.3) is 5.91 Å². The molecule has 5 rings (SSSR count). The summed E-state index contributed by atoms with van der Waals surface area (Å²) in [6, 6.07) is 18.0. The van der Waals surface area contributed by atoms with Crippen molar-refractivity contribution >= 4 is 28.8 Å². The van der Waals surface area contributed by atoms with E-state index < -0.39 is 0 Å². The van der Waals surface area contributed by atoms with Crippen LogP contribution in [0.25, 0.3) is 0 Å². The second kappa shape index (κ2) is 9.72. The topological polar surface area (TPSA) is 66.0 Å². The first-order chi connectivity index (χ1) is 16.2. The van der Waals surface area contributed by atoms with Gasteiger partial charge in [-0.2, -0.15) is 0 Å². The molecule has 1 atom stereocenters. The molecule has 1 unspecified atom stereocenters. The number of hydrogen-bond donors (Lipinski definition) is 0. The van der Waals surface area contributed by atoms with Crippen molar-refractivity contribution in [3.63, 3.8) is 0 Å². The van der Waals surface area contributed by atoms with E-state index in [0.29, 0.717) is 37.7 Å². The van der Waals surface area contributed by atoms with Gasteiger partial charge >= 0.3 is 0 Å². The Balaban J connectivity index is 1.14. The third-order valence-electron chi connectivity index (χ3n) is 6.23. The molecule has 33 heavy (non-hydrogen) atoms. The van der Waals surface area contributed by atoms with Gasteiger partial charge in [-0.25, -0.2) is 4.98 Å². The van der Waals surface area contributed by atoms with Gasteiger partial charge < -0.3 is 14.5 Å². The number of benzene rings is 2. The molecule has 3 aromatic rings. The Labute approximate surface area is 197 Å². The SMILES string of the molecule is O=C(c1nccs1)N1CCN(C2CC(=O)N(c3ccc(OCc4ccccc4)cc3)C2)CC1. The van der Waals surface area contributed by atoms with Crippen molar-refractivity contribution in [1.82, 2.24) is 14.8 Å². The zero-order valence-electron chi connectivity index (χ0n) is 18.3. The number of nitrogens with zero attached hydrogens (tertiary/aromatic N) is 4. The summed E-state index contributed by atoms with van der Waals surface area (Å²) in [5.41, 5.74) is 2.01. The van der Waals surface area contributed by atoms with Crippen LogP contribution < -0.4 is 9.64 Å². The Morgan fingerprint density at radius 2 is 1.79 bits per heavy atom. The molecule has 2 fully saturated rings. The molecule has 2 aliphatic rings. The first-order valence-electron chi connectivity index (χ1n) is 11.2. The second-order valence-corrected chi connectivity index (χ2v) is 9.19. The normalized spacial score (nSPS) is 19.2. The number of piperazine rings is 1. The molecule has 2 saturated heterocycles. The summed E-state index contributed by atoms with van der Waals surface area (Å²) in [5, 5.41) is 2.37. The van der Waals surface area contributed by atoms with Crippen molar-refractivity contribution < 1.29 is 14.3 Å². The monoisotopic (exact) mass is 462 g/mol. The third kappa shape index (κ3) is 4.91. The number of hydrogen-bond acceptors (Lipinski definition) is 6. The maximum Gasteiger partial charge on any atom is 0.282 e. The maximum absolute atomic E-state index is 12.7. The van der Waals surface area contributed by atoms with Crippen LogP contribution >= 0.6 is 11.3 Å². The van der Waals surface area contributed by atoms with Gasteiger partial charge in [-0.3, -0.25) is 14.5 Å². The molecule has 3 heterocycles. The lowest BCUT2D eigenvalue weighted by molar-refractivity contribution is -0.117. The molecule has 0 bridgehead atoms. The smallest absolute Gasteiger partial charge is 0.282 e. The van der Waals surface area contributed by atoms with Gasteiger partial charge in [-0.1, -0.05) is 30.3 Å². The Kier molecular flexibility index (Phi) is 6.37. The minimum atomic E-state index is 0.00310.